The number of nitrogens with zero attached hydrogens (tertiary/aromatic N) is 4. The predicted molar refractivity (Wildman–Crippen MR) is 96.7 cm³/mol. The van der Waals surface area contributed by atoms with E-state index in [0.717, 1.165) is 25.5 Å². The van der Waals surface area contributed by atoms with Gasteiger partial charge in [0.2, 0.25) is 0 Å². The van der Waals surface area contributed by atoms with Gasteiger partial charge in [0.25, 0.3) is 0 Å². The van der Waals surface area contributed by atoms with Crippen molar-refractivity contribution >= 4 is 0 Å². The van der Waals surface area contributed by atoms with Gasteiger partial charge in [0, 0.05) is 18.6 Å². The Labute approximate surface area is 145 Å². The third-order valence-electron chi connectivity index (χ3n) is 4.87. The molecule has 5 nitrogen and oxygen atoms in total. The summed E-state index contributed by atoms with van der Waals surface area (Å²) in [6.45, 7) is 9.89. The van der Waals surface area contributed by atoms with E-state index in [0.29, 0.717) is 12.1 Å². The lowest BCUT2D eigenvalue weighted by Crippen LogP contribution is -2.43. The van der Waals surface area contributed by atoms with Crippen LogP contribution in [0.25, 0.3) is 0 Å². The van der Waals surface area contributed by atoms with Crippen LogP contribution in [-0.4, -0.2) is 38.8 Å². The van der Waals surface area contributed by atoms with Crippen molar-refractivity contribution < 1.29 is 0 Å². The molecule has 0 spiro atoms. The van der Waals surface area contributed by atoms with Crippen LogP contribution in [0.3, 0.4) is 0 Å². The zero-order valence-corrected chi connectivity index (χ0v) is 15.0. The second-order valence-electron chi connectivity index (χ2n) is 7.11. The van der Waals surface area contributed by atoms with E-state index in [9.17, 15) is 0 Å². The van der Waals surface area contributed by atoms with Gasteiger partial charge in [-0.15, -0.1) is 10.2 Å². The number of benzene rings is 1. The van der Waals surface area contributed by atoms with Gasteiger partial charge < -0.3 is 9.88 Å². The minimum Gasteiger partial charge on any atom is -0.314 e. The molecule has 2 aromatic rings. The Morgan fingerprint density at radius 3 is 2.50 bits per heavy atom. The molecule has 1 atom stereocenters. The SMILES string of the molecule is CC(NC1CCN(Cc2ccccc2)CC1)c1nncn1C(C)C. The zero-order valence-electron chi connectivity index (χ0n) is 15.0. The van der Waals surface area contributed by atoms with E-state index in [-0.39, 0.29) is 6.04 Å². The van der Waals surface area contributed by atoms with Gasteiger partial charge in [-0.1, -0.05) is 30.3 Å². The van der Waals surface area contributed by atoms with E-state index in [1.54, 1.807) is 0 Å². The molecule has 1 fully saturated rings. The van der Waals surface area contributed by atoms with Crippen LogP contribution in [-0.2, 0) is 6.54 Å². The van der Waals surface area contributed by atoms with Crippen molar-refractivity contribution in [2.45, 2.75) is 58.3 Å². The average molecular weight is 327 g/mol. The Bertz CT molecular complexity index is 614. The number of likely N-dealkylation sites (tertiary alicyclic amines) is 1. The fraction of sp³-hybridized carbons (Fsp3) is 0.579. The van der Waals surface area contributed by atoms with Gasteiger partial charge >= 0.3 is 0 Å². The quantitative estimate of drug-likeness (QED) is 0.885. The van der Waals surface area contributed by atoms with Crippen molar-refractivity contribution in [1.29, 1.82) is 0 Å². The fourth-order valence-electron chi connectivity index (χ4n) is 3.49. The lowest BCUT2D eigenvalue weighted by molar-refractivity contribution is 0.184. The molecule has 5 heteroatoms. The number of aromatic nitrogens is 3. The minimum atomic E-state index is 0.237. The monoisotopic (exact) mass is 327 g/mol. The molecule has 1 saturated heterocycles. The second-order valence-corrected chi connectivity index (χ2v) is 7.11. The Hall–Kier alpha value is -1.72. The summed E-state index contributed by atoms with van der Waals surface area (Å²) >= 11 is 0. The van der Waals surface area contributed by atoms with Crippen LogP contribution in [0.2, 0.25) is 0 Å². The highest BCUT2D eigenvalue weighted by molar-refractivity contribution is 5.14. The number of nitrogens with one attached hydrogen (secondary N) is 1. The predicted octanol–water partition coefficient (Wildman–Crippen LogP) is 3.17. The minimum absolute atomic E-state index is 0.237. The summed E-state index contributed by atoms with van der Waals surface area (Å²) in [4.78, 5) is 2.55. The summed E-state index contributed by atoms with van der Waals surface area (Å²) in [6.07, 6.45) is 4.21. The molecule has 1 aliphatic rings. The van der Waals surface area contributed by atoms with Crippen molar-refractivity contribution in [1.82, 2.24) is 25.0 Å². The number of piperidine rings is 1. The first-order chi connectivity index (χ1) is 11.6. The molecule has 1 unspecified atom stereocenters. The van der Waals surface area contributed by atoms with E-state index in [1.165, 1.54) is 18.4 Å². The van der Waals surface area contributed by atoms with E-state index in [1.807, 2.05) is 6.33 Å². The molecule has 1 aromatic carbocycles. The van der Waals surface area contributed by atoms with Crippen molar-refractivity contribution in [2.24, 2.45) is 0 Å². The fourth-order valence-corrected chi connectivity index (χ4v) is 3.49. The van der Waals surface area contributed by atoms with E-state index in [4.69, 9.17) is 0 Å². The van der Waals surface area contributed by atoms with Crippen LogP contribution in [0.15, 0.2) is 36.7 Å². The Morgan fingerprint density at radius 2 is 1.83 bits per heavy atom. The van der Waals surface area contributed by atoms with Crippen LogP contribution in [0.4, 0.5) is 0 Å². The summed E-state index contributed by atoms with van der Waals surface area (Å²) in [6, 6.07) is 11.9. The molecule has 0 aliphatic carbocycles. The number of hydrogen-bond donors (Lipinski definition) is 1. The molecule has 3 rings (SSSR count). The van der Waals surface area contributed by atoms with Crippen LogP contribution >= 0.6 is 0 Å². The van der Waals surface area contributed by atoms with Crippen molar-refractivity contribution in [3.63, 3.8) is 0 Å². The van der Waals surface area contributed by atoms with Crippen LogP contribution in [0.5, 0.6) is 0 Å². The lowest BCUT2D eigenvalue weighted by atomic mass is 10.0. The number of hydrogen-bond acceptors (Lipinski definition) is 4. The Kier molecular flexibility index (Phi) is 5.63. The van der Waals surface area contributed by atoms with Gasteiger partial charge in [-0.25, -0.2) is 0 Å². The second kappa shape index (κ2) is 7.90. The van der Waals surface area contributed by atoms with Gasteiger partial charge in [-0.05, 0) is 52.3 Å². The first-order valence-corrected chi connectivity index (χ1v) is 9.05. The molecule has 0 bridgehead atoms. The standard InChI is InChI=1S/C19H29N5/c1-15(2)24-14-20-22-19(24)16(3)21-18-9-11-23(12-10-18)13-17-7-5-4-6-8-17/h4-8,14-16,18,21H,9-13H2,1-3H3. The summed E-state index contributed by atoms with van der Waals surface area (Å²) in [7, 11) is 0. The summed E-state index contributed by atoms with van der Waals surface area (Å²) in [5.74, 6) is 1.04. The highest BCUT2D eigenvalue weighted by Gasteiger charge is 2.23. The molecular weight excluding hydrogens is 298 g/mol. The summed E-state index contributed by atoms with van der Waals surface area (Å²) in [5.41, 5.74) is 1.40. The molecule has 1 N–H and O–H groups in total. The maximum Gasteiger partial charge on any atom is 0.149 e. The summed E-state index contributed by atoms with van der Waals surface area (Å²) < 4.78 is 2.15. The Morgan fingerprint density at radius 1 is 1.12 bits per heavy atom. The lowest BCUT2D eigenvalue weighted by Gasteiger charge is -2.34. The molecule has 0 saturated carbocycles. The maximum absolute atomic E-state index is 4.31. The van der Waals surface area contributed by atoms with Gasteiger partial charge in [-0.2, -0.15) is 0 Å². The molecule has 24 heavy (non-hydrogen) atoms. The molecule has 1 aliphatic heterocycles. The maximum atomic E-state index is 4.31. The summed E-state index contributed by atoms with van der Waals surface area (Å²) in [5, 5.41) is 12.1. The molecule has 2 heterocycles. The highest BCUT2D eigenvalue weighted by atomic mass is 15.3. The van der Waals surface area contributed by atoms with E-state index in [2.05, 4.69) is 76.1 Å². The first-order valence-electron chi connectivity index (χ1n) is 9.05. The van der Waals surface area contributed by atoms with Crippen molar-refractivity contribution in [3.05, 3.63) is 48.0 Å². The van der Waals surface area contributed by atoms with Crippen LogP contribution in [0, 0.1) is 0 Å². The van der Waals surface area contributed by atoms with E-state index >= 15 is 0 Å². The Balaban J connectivity index is 1.49. The highest BCUT2D eigenvalue weighted by Crippen LogP contribution is 2.19. The zero-order chi connectivity index (χ0) is 16.9. The number of rotatable bonds is 6. The van der Waals surface area contributed by atoms with Crippen LogP contribution < -0.4 is 5.32 Å². The smallest absolute Gasteiger partial charge is 0.149 e. The van der Waals surface area contributed by atoms with Gasteiger partial charge in [0.15, 0.2) is 0 Å². The average Bonchev–Trinajstić information content (AvgIpc) is 3.08. The molecule has 1 aromatic heterocycles. The topological polar surface area (TPSA) is 46.0 Å². The van der Waals surface area contributed by atoms with Gasteiger partial charge in [0.05, 0.1) is 6.04 Å². The first kappa shape index (κ1) is 17.1. The van der Waals surface area contributed by atoms with E-state index < -0.39 is 0 Å². The third kappa shape index (κ3) is 4.22. The normalized spacial score (nSPS) is 18.2. The van der Waals surface area contributed by atoms with Gasteiger partial charge in [-0.3, -0.25) is 4.90 Å². The molecule has 0 radical (unpaired) electrons. The third-order valence-corrected chi connectivity index (χ3v) is 4.87. The molecular formula is C19H29N5. The van der Waals surface area contributed by atoms with Crippen LogP contribution in [0.1, 0.15) is 57.1 Å². The molecule has 130 valence electrons. The molecule has 0 amide bonds. The van der Waals surface area contributed by atoms with Crippen molar-refractivity contribution in [3.8, 4) is 0 Å². The largest absolute Gasteiger partial charge is 0.314 e. The van der Waals surface area contributed by atoms with Crippen molar-refractivity contribution in [2.75, 3.05) is 13.1 Å². The van der Waals surface area contributed by atoms with Gasteiger partial charge in [0.1, 0.15) is 12.2 Å².